The van der Waals surface area contributed by atoms with E-state index in [4.69, 9.17) is 26.9 Å². The number of hydroxylamine groups is 1. The average Bonchev–Trinajstić information content (AvgIpc) is 3.29. The zero-order valence-electron chi connectivity index (χ0n) is 15.5. The number of rotatable bonds is 9. The highest BCUT2D eigenvalue weighted by molar-refractivity contribution is 7.80. The molecule has 0 spiro atoms. The normalized spacial score (nSPS) is 10.2. The smallest absolute Gasteiger partial charge is 0.255 e. The molecule has 150 valence electrons. The molecule has 3 rings (SSSR count). The lowest BCUT2D eigenvalue weighted by Crippen LogP contribution is -2.28. The van der Waals surface area contributed by atoms with E-state index < -0.39 is 0 Å². The quantitative estimate of drug-likeness (QED) is 0.273. The van der Waals surface area contributed by atoms with Crippen LogP contribution in [0.1, 0.15) is 20.8 Å². The molecule has 0 unspecified atom stereocenters. The largest absolute Gasteiger partial charge is 0.492 e. The molecular formula is C21H20N2O4S2. The molecule has 0 saturated carbocycles. The Morgan fingerprint density at radius 2 is 1.83 bits per heavy atom. The Morgan fingerprint density at radius 1 is 1.03 bits per heavy atom. The number of nitrogens with one attached hydrogen (secondary N) is 2. The van der Waals surface area contributed by atoms with Crippen LogP contribution in [-0.4, -0.2) is 29.3 Å². The van der Waals surface area contributed by atoms with E-state index in [-0.39, 0.29) is 10.9 Å². The molecule has 0 bridgehead atoms. The summed E-state index contributed by atoms with van der Waals surface area (Å²) >= 11 is 6.55. The summed E-state index contributed by atoms with van der Waals surface area (Å²) in [5.74, 6) is 0.969. The number of benzene rings is 2. The van der Waals surface area contributed by atoms with Gasteiger partial charge in [0.25, 0.3) is 5.91 Å². The van der Waals surface area contributed by atoms with Crippen LogP contribution in [0.4, 0.5) is 0 Å². The second kappa shape index (κ2) is 10.6. The number of hydrogen-bond donors (Lipinski definition) is 3. The molecule has 0 aliphatic rings. The number of ether oxygens (including phenoxy) is 2. The molecule has 3 N–H and O–H groups in total. The lowest BCUT2D eigenvalue weighted by atomic mass is 10.2. The maximum absolute atomic E-state index is 12.5. The Morgan fingerprint density at radius 3 is 2.55 bits per heavy atom. The van der Waals surface area contributed by atoms with Crippen LogP contribution >= 0.6 is 23.6 Å². The molecule has 1 amide bonds. The third kappa shape index (κ3) is 6.02. The van der Waals surface area contributed by atoms with Crippen molar-refractivity contribution >= 4 is 34.5 Å². The molecule has 29 heavy (non-hydrogen) atoms. The summed E-state index contributed by atoms with van der Waals surface area (Å²) in [4.78, 5) is 13.8. The zero-order valence-corrected chi connectivity index (χ0v) is 17.1. The predicted octanol–water partition coefficient (Wildman–Crippen LogP) is 3.79. The molecule has 3 aromatic rings. The van der Waals surface area contributed by atoms with E-state index in [1.165, 1.54) is 0 Å². The molecule has 2 aromatic carbocycles. The lowest BCUT2D eigenvalue weighted by Gasteiger charge is -2.12. The van der Waals surface area contributed by atoms with Crippen molar-refractivity contribution in [2.45, 2.75) is 6.61 Å². The van der Waals surface area contributed by atoms with Crippen LogP contribution in [0.25, 0.3) is 0 Å². The van der Waals surface area contributed by atoms with Gasteiger partial charge in [-0.05, 0) is 47.8 Å². The summed E-state index contributed by atoms with van der Waals surface area (Å²) in [5.41, 5.74) is 3.10. The Bertz CT molecular complexity index is 944. The van der Waals surface area contributed by atoms with Gasteiger partial charge in [0.2, 0.25) is 0 Å². The minimum absolute atomic E-state index is 0.218. The first-order valence-corrected chi connectivity index (χ1v) is 10.2. The van der Waals surface area contributed by atoms with Crippen molar-refractivity contribution in [3.8, 4) is 11.5 Å². The fourth-order valence-corrected chi connectivity index (χ4v) is 3.27. The van der Waals surface area contributed by atoms with Crippen LogP contribution < -0.4 is 20.3 Å². The summed E-state index contributed by atoms with van der Waals surface area (Å²) in [6, 6.07) is 18.1. The van der Waals surface area contributed by atoms with Gasteiger partial charge in [-0.2, -0.15) is 0 Å². The van der Waals surface area contributed by atoms with E-state index in [9.17, 15) is 4.79 Å². The van der Waals surface area contributed by atoms with E-state index in [1.807, 2.05) is 29.1 Å². The summed E-state index contributed by atoms with van der Waals surface area (Å²) in [7, 11) is 0. The first kappa shape index (κ1) is 20.8. The lowest BCUT2D eigenvalue weighted by molar-refractivity contribution is 0.0942. The van der Waals surface area contributed by atoms with Gasteiger partial charge in [0.1, 0.15) is 29.7 Å². The molecule has 1 heterocycles. The number of thiophene rings is 1. The zero-order chi connectivity index (χ0) is 20.5. The maximum atomic E-state index is 12.5. The Hall–Kier alpha value is -2.94. The number of amides is 1. The fourth-order valence-electron chi connectivity index (χ4n) is 2.52. The van der Waals surface area contributed by atoms with Crippen LogP contribution in [0.5, 0.6) is 11.5 Å². The van der Waals surface area contributed by atoms with Gasteiger partial charge in [0, 0.05) is 10.4 Å². The minimum Gasteiger partial charge on any atom is -0.492 e. The van der Waals surface area contributed by atoms with Gasteiger partial charge in [0.15, 0.2) is 0 Å². The molecule has 8 heteroatoms. The van der Waals surface area contributed by atoms with E-state index in [2.05, 4.69) is 5.32 Å². The van der Waals surface area contributed by atoms with Crippen molar-refractivity contribution < 1.29 is 19.5 Å². The van der Waals surface area contributed by atoms with Gasteiger partial charge in [-0.3, -0.25) is 15.5 Å². The van der Waals surface area contributed by atoms with Crippen LogP contribution in [0.3, 0.4) is 0 Å². The van der Waals surface area contributed by atoms with E-state index in [1.54, 1.807) is 53.8 Å². The Labute approximate surface area is 178 Å². The van der Waals surface area contributed by atoms with Crippen molar-refractivity contribution in [1.82, 2.24) is 10.8 Å². The minimum atomic E-state index is -0.218. The Kier molecular flexibility index (Phi) is 7.57. The molecular weight excluding hydrogens is 408 g/mol. The first-order valence-electron chi connectivity index (χ1n) is 8.87. The van der Waals surface area contributed by atoms with Crippen LogP contribution in [0.2, 0.25) is 0 Å². The number of hydrogen-bond acceptors (Lipinski definition) is 6. The van der Waals surface area contributed by atoms with Crippen molar-refractivity contribution in [2.75, 3.05) is 13.2 Å². The summed E-state index contributed by atoms with van der Waals surface area (Å²) < 4.78 is 11.4. The van der Waals surface area contributed by atoms with E-state index >= 15 is 0 Å². The van der Waals surface area contributed by atoms with Crippen molar-refractivity contribution in [2.24, 2.45) is 0 Å². The molecule has 0 atom stereocenters. The van der Waals surface area contributed by atoms with Gasteiger partial charge in [-0.15, -0.1) is 11.3 Å². The molecule has 0 fully saturated rings. The topological polar surface area (TPSA) is 79.8 Å². The number of thiocarbonyl (C=S) groups is 1. The summed E-state index contributed by atoms with van der Waals surface area (Å²) in [6.07, 6.45) is 0. The van der Waals surface area contributed by atoms with Gasteiger partial charge < -0.3 is 14.8 Å². The third-order valence-electron chi connectivity index (χ3n) is 3.96. The van der Waals surface area contributed by atoms with Gasteiger partial charge >= 0.3 is 0 Å². The predicted molar refractivity (Wildman–Crippen MR) is 116 cm³/mol. The van der Waals surface area contributed by atoms with E-state index in [0.717, 1.165) is 4.88 Å². The molecule has 6 nitrogen and oxygen atoms in total. The highest BCUT2D eigenvalue weighted by atomic mass is 32.1. The molecule has 1 aromatic heterocycles. The van der Waals surface area contributed by atoms with Crippen LogP contribution in [-0.2, 0) is 6.61 Å². The first-order chi connectivity index (χ1) is 14.2. The van der Waals surface area contributed by atoms with Gasteiger partial charge in [0.05, 0.1) is 12.1 Å². The summed E-state index contributed by atoms with van der Waals surface area (Å²) in [6.45, 7) is 1.08. The number of carbonyl (C=O) groups is 1. The SMILES string of the molecule is O=C(NCCOc1ccc(C(=S)NO)cc1)c1ccccc1OCc1cccs1. The highest BCUT2D eigenvalue weighted by Crippen LogP contribution is 2.20. The molecule has 0 radical (unpaired) electrons. The Balaban J connectivity index is 1.47. The second-order valence-corrected chi connectivity index (χ2v) is 7.37. The fraction of sp³-hybridized carbons (Fsp3) is 0.143. The molecule has 0 aliphatic carbocycles. The van der Waals surface area contributed by atoms with Crippen molar-refractivity contribution in [3.63, 3.8) is 0 Å². The number of carbonyl (C=O) groups excluding carboxylic acids is 1. The van der Waals surface area contributed by atoms with Crippen LogP contribution in [0, 0.1) is 0 Å². The highest BCUT2D eigenvalue weighted by Gasteiger charge is 2.12. The van der Waals surface area contributed by atoms with Gasteiger partial charge in [-0.1, -0.05) is 30.4 Å². The second-order valence-electron chi connectivity index (χ2n) is 5.93. The molecule has 0 saturated heterocycles. The third-order valence-corrected chi connectivity index (χ3v) is 5.13. The van der Waals surface area contributed by atoms with Crippen LogP contribution in [0.15, 0.2) is 66.0 Å². The molecule has 0 aliphatic heterocycles. The average molecular weight is 429 g/mol. The van der Waals surface area contributed by atoms with Gasteiger partial charge in [-0.25, -0.2) is 0 Å². The monoisotopic (exact) mass is 428 g/mol. The maximum Gasteiger partial charge on any atom is 0.255 e. The van der Waals surface area contributed by atoms with Crippen molar-refractivity contribution in [1.29, 1.82) is 0 Å². The van der Waals surface area contributed by atoms with E-state index in [0.29, 0.717) is 42.4 Å². The summed E-state index contributed by atoms with van der Waals surface area (Å²) in [5, 5.41) is 13.6. The number of para-hydroxylation sites is 1. The van der Waals surface area contributed by atoms with Crippen molar-refractivity contribution in [3.05, 3.63) is 82.0 Å². The standard InChI is InChI=1S/C21H20N2O4S2/c24-20(18-5-1-2-6-19(18)27-14-17-4-3-13-29-17)22-11-12-26-16-9-7-15(8-10-16)21(28)23-25/h1-10,13,25H,11-12,14H2,(H,22,24)(H,23,28).